The SMILES string of the molecule is CO[Si](CCCNC[Si]C(CCCCCCCN1CCN(C)CC1)[Si](OC)(OC)OC)(OC)OC. The predicted octanol–water partition coefficient (Wildman–Crippen LogP) is 2.30. The van der Waals surface area contributed by atoms with Crippen LogP contribution in [0.1, 0.15) is 44.9 Å². The van der Waals surface area contributed by atoms with Crippen LogP contribution in [0.3, 0.4) is 0 Å². The molecule has 208 valence electrons. The van der Waals surface area contributed by atoms with E-state index in [1.165, 1.54) is 64.8 Å². The van der Waals surface area contributed by atoms with Gasteiger partial charge in [0, 0.05) is 80.0 Å². The average molecular weight is 552 g/mol. The number of nitrogens with zero attached hydrogens (tertiary/aromatic N) is 2. The maximum Gasteiger partial charge on any atom is 0.500 e. The molecule has 0 aromatic carbocycles. The summed E-state index contributed by atoms with van der Waals surface area (Å²) in [6.07, 6.45) is 9.36. The molecule has 1 atom stereocenters. The molecule has 0 aromatic heterocycles. The zero-order valence-electron chi connectivity index (χ0n) is 23.5. The lowest BCUT2D eigenvalue weighted by molar-refractivity contribution is 0.118. The van der Waals surface area contributed by atoms with Gasteiger partial charge in [-0.15, -0.1) is 0 Å². The fourth-order valence-corrected chi connectivity index (χ4v) is 11.6. The van der Waals surface area contributed by atoms with Crippen molar-refractivity contribution in [2.24, 2.45) is 0 Å². The normalized spacial score (nSPS) is 17.2. The Morgan fingerprint density at radius 2 is 1.31 bits per heavy atom. The van der Waals surface area contributed by atoms with Crippen LogP contribution < -0.4 is 5.32 Å². The topological polar surface area (TPSA) is 73.9 Å². The van der Waals surface area contributed by atoms with Gasteiger partial charge >= 0.3 is 17.6 Å². The first-order chi connectivity index (χ1) is 16.9. The number of nitrogens with one attached hydrogen (secondary N) is 1. The van der Waals surface area contributed by atoms with Gasteiger partial charge in [-0.1, -0.05) is 25.7 Å². The van der Waals surface area contributed by atoms with Crippen LogP contribution >= 0.6 is 0 Å². The third kappa shape index (κ3) is 12.1. The molecule has 0 spiro atoms. The summed E-state index contributed by atoms with van der Waals surface area (Å²) >= 11 is 0. The van der Waals surface area contributed by atoms with Gasteiger partial charge in [-0.3, -0.25) is 0 Å². The van der Waals surface area contributed by atoms with Gasteiger partial charge in [0.1, 0.15) is 0 Å². The van der Waals surface area contributed by atoms with Crippen molar-refractivity contribution in [2.45, 2.75) is 56.2 Å². The second kappa shape index (κ2) is 19.4. The lowest BCUT2D eigenvalue weighted by Crippen LogP contribution is -2.51. The molecule has 12 heteroatoms. The molecule has 35 heavy (non-hydrogen) atoms. The van der Waals surface area contributed by atoms with Gasteiger partial charge < -0.3 is 41.7 Å². The molecule has 1 rings (SSSR count). The number of piperazine rings is 1. The van der Waals surface area contributed by atoms with Crippen molar-refractivity contribution in [1.82, 2.24) is 15.1 Å². The molecule has 0 bridgehead atoms. The first kappa shape index (κ1) is 33.3. The molecular formula is C23H53N3O6Si3. The summed E-state index contributed by atoms with van der Waals surface area (Å²) in [6, 6.07) is 0.803. The third-order valence-corrected chi connectivity index (χ3v) is 15.7. The van der Waals surface area contributed by atoms with E-state index < -0.39 is 17.6 Å². The maximum atomic E-state index is 5.86. The first-order valence-corrected chi connectivity index (χ1v) is 18.1. The van der Waals surface area contributed by atoms with Gasteiger partial charge in [-0.25, -0.2) is 0 Å². The summed E-state index contributed by atoms with van der Waals surface area (Å²) in [5, 5.41) is 3.90. The van der Waals surface area contributed by atoms with Gasteiger partial charge in [-0.05, 0) is 45.6 Å². The van der Waals surface area contributed by atoms with Crippen molar-refractivity contribution >= 4 is 27.1 Å². The van der Waals surface area contributed by atoms with Gasteiger partial charge in [0.25, 0.3) is 0 Å². The quantitative estimate of drug-likeness (QED) is 0.161. The van der Waals surface area contributed by atoms with Crippen LogP contribution in [-0.4, -0.2) is 132 Å². The van der Waals surface area contributed by atoms with Crippen LogP contribution in [0.15, 0.2) is 0 Å². The molecule has 0 amide bonds. The van der Waals surface area contributed by atoms with E-state index in [0.717, 1.165) is 31.6 Å². The number of hydrogen-bond acceptors (Lipinski definition) is 9. The minimum absolute atomic E-state index is 0.325. The summed E-state index contributed by atoms with van der Waals surface area (Å²) in [5.74, 6) is 0. The van der Waals surface area contributed by atoms with Crippen LogP contribution in [0.5, 0.6) is 0 Å². The smallest absolute Gasteiger partial charge is 0.377 e. The zero-order valence-corrected chi connectivity index (χ0v) is 26.5. The van der Waals surface area contributed by atoms with Gasteiger partial charge in [-0.2, -0.15) is 0 Å². The predicted molar refractivity (Wildman–Crippen MR) is 147 cm³/mol. The summed E-state index contributed by atoms with van der Waals surface area (Å²) < 4.78 is 34.1. The van der Waals surface area contributed by atoms with Crippen molar-refractivity contribution in [3.05, 3.63) is 0 Å². The number of likely N-dealkylation sites (N-methyl/N-ethyl adjacent to an activating group) is 1. The Morgan fingerprint density at radius 3 is 1.89 bits per heavy atom. The van der Waals surface area contributed by atoms with Crippen molar-refractivity contribution in [3.63, 3.8) is 0 Å². The van der Waals surface area contributed by atoms with E-state index >= 15 is 0 Å². The van der Waals surface area contributed by atoms with Crippen LogP contribution in [-0.2, 0) is 26.6 Å². The largest absolute Gasteiger partial charge is 0.500 e. The minimum atomic E-state index is -2.66. The van der Waals surface area contributed by atoms with Gasteiger partial charge in [0.15, 0.2) is 0 Å². The lowest BCUT2D eigenvalue weighted by atomic mass is 10.1. The highest BCUT2D eigenvalue weighted by Gasteiger charge is 2.46. The third-order valence-electron chi connectivity index (χ3n) is 7.09. The van der Waals surface area contributed by atoms with Crippen LogP contribution in [0.2, 0.25) is 11.2 Å². The monoisotopic (exact) mass is 551 g/mol. The van der Waals surface area contributed by atoms with Gasteiger partial charge in [0.2, 0.25) is 0 Å². The number of hydrogen-bond donors (Lipinski definition) is 1. The Kier molecular flexibility index (Phi) is 18.4. The lowest BCUT2D eigenvalue weighted by Gasteiger charge is -2.32. The summed E-state index contributed by atoms with van der Waals surface area (Å²) in [7, 11) is 7.94. The second-order valence-electron chi connectivity index (χ2n) is 9.25. The highest BCUT2D eigenvalue weighted by Crippen LogP contribution is 2.29. The Hall–Kier alpha value is 0.291. The van der Waals surface area contributed by atoms with Crippen molar-refractivity contribution in [1.29, 1.82) is 0 Å². The zero-order chi connectivity index (χ0) is 26.0. The Labute approximate surface area is 220 Å². The first-order valence-electron chi connectivity index (χ1n) is 13.1. The number of unbranched alkanes of at least 4 members (excludes halogenated alkanes) is 4. The summed E-state index contributed by atoms with van der Waals surface area (Å²) in [5.41, 5.74) is 0. The Bertz CT molecular complexity index is 494. The minimum Gasteiger partial charge on any atom is -0.377 e. The second-order valence-corrected chi connectivity index (χ2v) is 17.5. The highest BCUT2D eigenvalue weighted by molar-refractivity contribution is 6.73. The van der Waals surface area contributed by atoms with Crippen LogP contribution in [0.25, 0.3) is 0 Å². The fourth-order valence-electron chi connectivity index (χ4n) is 4.64. The van der Waals surface area contributed by atoms with Crippen LogP contribution in [0, 0.1) is 0 Å². The van der Waals surface area contributed by atoms with E-state index in [-0.39, 0.29) is 0 Å². The maximum absolute atomic E-state index is 5.86. The Morgan fingerprint density at radius 1 is 0.743 bits per heavy atom. The van der Waals surface area contributed by atoms with Crippen LogP contribution in [0.4, 0.5) is 0 Å². The average Bonchev–Trinajstić information content (AvgIpc) is 2.90. The molecule has 1 heterocycles. The van der Waals surface area contributed by atoms with E-state index in [1.54, 1.807) is 42.7 Å². The molecule has 1 saturated heterocycles. The molecule has 1 fully saturated rings. The van der Waals surface area contributed by atoms with E-state index in [0.29, 0.717) is 14.7 Å². The van der Waals surface area contributed by atoms with E-state index in [9.17, 15) is 0 Å². The fraction of sp³-hybridized carbons (Fsp3) is 1.00. The molecule has 0 saturated carbocycles. The molecule has 0 aromatic rings. The molecule has 1 aliphatic heterocycles. The number of rotatable bonds is 22. The van der Waals surface area contributed by atoms with E-state index in [2.05, 4.69) is 22.2 Å². The molecule has 2 radical (unpaired) electrons. The summed E-state index contributed by atoms with van der Waals surface area (Å²) in [4.78, 5) is 5.03. The molecule has 1 aliphatic rings. The van der Waals surface area contributed by atoms with Crippen molar-refractivity contribution < 1.29 is 26.6 Å². The summed E-state index contributed by atoms with van der Waals surface area (Å²) in [6.45, 7) is 7.00. The standard InChI is InChI=1S/C23H53N3O6Si3/c1-25-17-19-26(20-18-25)16-12-10-8-9-11-14-23(35(30-5,31-6)32-7)33-22-24-15-13-21-34(27-2,28-3)29-4/h23-24H,8-22H2,1-7H3. The highest BCUT2D eigenvalue weighted by atomic mass is 28.4. The molecule has 1 unspecified atom stereocenters. The van der Waals surface area contributed by atoms with E-state index in [1.807, 2.05) is 0 Å². The molecular weight excluding hydrogens is 499 g/mol. The molecule has 1 N–H and O–H groups in total. The van der Waals surface area contributed by atoms with Crippen molar-refractivity contribution in [3.8, 4) is 0 Å². The Balaban J connectivity index is 2.32. The van der Waals surface area contributed by atoms with E-state index in [4.69, 9.17) is 26.6 Å². The van der Waals surface area contributed by atoms with Crippen molar-refractivity contribution in [2.75, 3.05) is 95.1 Å². The molecule has 0 aliphatic carbocycles. The molecule has 9 nitrogen and oxygen atoms in total. The van der Waals surface area contributed by atoms with Gasteiger partial charge in [0.05, 0.1) is 9.52 Å².